The molecule has 0 saturated heterocycles. The molecule has 4 nitrogen and oxygen atoms in total. The Hall–Kier alpha value is -1.33. The van der Waals surface area contributed by atoms with Crippen molar-refractivity contribution < 1.29 is 14.6 Å². The van der Waals surface area contributed by atoms with Gasteiger partial charge in [-0.1, -0.05) is 34.1 Å². The number of hydrogen-bond donors (Lipinski definition) is 2. The van der Waals surface area contributed by atoms with E-state index in [1.807, 2.05) is 51.1 Å². The van der Waals surface area contributed by atoms with Crippen molar-refractivity contribution in [2.24, 2.45) is 0 Å². The Bertz CT molecular complexity index is 507. The summed E-state index contributed by atoms with van der Waals surface area (Å²) < 4.78 is 6.04. The molecule has 0 fully saturated rings. The number of alkyl carbamates (subject to hydrolysis) is 1. The Morgan fingerprint density at radius 2 is 2.14 bits per heavy atom. The van der Waals surface area contributed by atoms with Crippen LogP contribution in [0.15, 0.2) is 28.7 Å². The highest BCUT2D eigenvalue weighted by atomic mass is 79.9. The second-order valence-electron chi connectivity index (χ2n) is 5.63. The van der Waals surface area contributed by atoms with Gasteiger partial charge in [0.25, 0.3) is 0 Å². The Balaban J connectivity index is 2.37. The number of carbonyl (C=O) groups excluding carboxylic acids is 1. The molecule has 0 bridgehead atoms. The zero-order chi connectivity index (χ0) is 15.9. The van der Waals surface area contributed by atoms with Gasteiger partial charge < -0.3 is 15.2 Å². The predicted molar refractivity (Wildman–Crippen MR) is 88.0 cm³/mol. The van der Waals surface area contributed by atoms with Crippen LogP contribution in [0.25, 0.3) is 6.08 Å². The van der Waals surface area contributed by atoms with E-state index < -0.39 is 11.7 Å². The first-order valence-corrected chi connectivity index (χ1v) is 7.64. The van der Waals surface area contributed by atoms with Gasteiger partial charge in [0.2, 0.25) is 0 Å². The second kappa shape index (κ2) is 8.20. The van der Waals surface area contributed by atoms with Crippen molar-refractivity contribution in [3.63, 3.8) is 0 Å². The molecule has 0 radical (unpaired) electrons. The lowest BCUT2D eigenvalue weighted by atomic mass is 10.1. The summed E-state index contributed by atoms with van der Waals surface area (Å²) in [6.07, 6.45) is 4.25. The van der Waals surface area contributed by atoms with E-state index in [-0.39, 0.29) is 6.61 Å². The second-order valence-corrected chi connectivity index (χ2v) is 6.48. The van der Waals surface area contributed by atoms with E-state index in [2.05, 4.69) is 21.2 Å². The molecule has 0 heterocycles. The molecule has 0 aliphatic rings. The van der Waals surface area contributed by atoms with Gasteiger partial charge in [0.1, 0.15) is 5.60 Å². The summed E-state index contributed by atoms with van der Waals surface area (Å²) in [5.41, 5.74) is 1.39. The molecule has 0 aliphatic carbocycles. The van der Waals surface area contributed by atoms with E-state index >= 15 is 0 Å². The van der Waals surface area contributed by atoms with Crippen molar-refractivity contribution >= 4 is 28.1 Å². The lowest BCUT2D eigenvalue weighted by Crippen LogP contribution is -2.32. The van der Waals surface area contributed by atoms with Crippen LogP contribution >= 0.6 is 15.9 Å². The Labute approximate surface area is 134 Å². The summed E-state index contributed by atoms with van der Waals surface area (Å²) in [6, 6.07) is 5.78. The number of ether oxygens (including phenoxy) is 1. The topological polar surface area (TPSA) is 58.6 Å². The lowest BCUT2D eigenvalue weighted by molar-refractivity contribution is 0.0529. The fraction of sp³-hybridized carbons (Fsp3) is 0.438. The first-order chi connectivity index (χ1) is 9.81. The molecule has 1 aromatic rings. The van der Waals surface area contributed by atoms with Crippen molar-refractivity contribution in [1.29, 1.82) is 0 Å². The Morgan fingerprint density at radius 3 is 2.76 bits per heavy atom. The molecule has 0 aromatic heterocycles. The normalized spacial score (nSPS) is 11.7. The fourth-order valence-electron chi connectivity index (χ4n) is 1.61. The maximum atomic E-state index is 11.4. The highest BCUT2D eigenvalue weighted by molar-refractivity contribution is 9.10. The molecule has 2 N–H and O–H groups in total. The van der Waals surface area contributed by atoms with Crippen LogP contribution < -0.4 is 5.32 Å². The summed E-state index contributed by atoms with van der Waals surface area (Å²) in [6.45, 7) is 6.02. The number of aliphatic hydroxyl groups excluding tert-OH is 1. The minimum atomic E-state index is -0.474. The van der Waals surface area contributed by atoms with Crippen molar-refractivity contribution in [2.75, 3.05) is 6.54 Å². The van der Waals surface area contributed by atoms with Gasteiger partial charge in [-0.25, -0.2) is 4.79 Å². The van der Waals surface area contributed by atoms with Gasteiger partial charge >= 0.3 is 6.09 Å². The van der Waals surface area contributed by atoms with Crippen LogP contribution in [0.3, 0.4) is 0 Å². The molecule has 0 atom stereocenters. The van der Waals surface area contributed by atoms with Gasteiger partial charge in [-0.2, -0.15) is 0 Å². The molecule has 0 saturated carbocycles. The van der Waals surface area contributed by atoms with Gasteiger partial charge in [0, 0.05) is 11.0 Å². The van der Waals surface area contributed by atoms with Crippen LogP contribution in [0, 0.1) is 0 Å². The Morgan fingerprint density at radius 1 is 1.43 bits per heavy atom. The molecule has 0 unspecified atom stereocenters. The first-order valence-electron chi connectivity index (χ1n) is 6.84. The third-order valence-corrected chi connectivity index (χ3v) is 3.30. The molecule has 1 rings (SSSR count). The molecule has 1 aromatic carbocycles. The van der Waals surface area contributed by atoms with E-state index in [4.69, 9.17) is 4.74 Å². The molecule has 1 amide bonds. The quantitative estimate of drug-likeness (QED) is 0.788. The summed E-state index contributed by atoms with van der Waals surface area (Å²) >= 11 is 3.38. The van der Waals surface area contributed by atoms with Gasteiger partial charge in [0.05, 0.1) is 6.61 Å². The predicted octanol–water partition coefficient (Wildman–Crippen LogP) is 3.87. The smallest absolute Gasteiger partial charge is 0.407 e. The standard InChI is InChI=1S/C16H22BrNO3/c1-16(2,3)21-15(20)18-9-5-4-6-12-7-8-14(17)13(10-12)11-19/h4,6-8,10,19H,5,9,11H2,1-3H3,(H,18,20). The lowest BCUT2D eigenvalue weighted by Gasteiger charge is -2.19. The van der Waals surface area contributed by atoms with Gasteiger partial charge in [0.15, 0.2) is 0 Å². The molecule has 116 valence electrons. The number of nitrogens with one attached hydrogen (secondary N) is 1. The van der Waals surface area contributed by atoms with Crippen molar-refractivity contribution in [3.05, 3.63) is 39.9 Å². The van der Waals surface area contributed by atoms with Crippen LogP contribution in [-0.4, -0.2) is 23.3 Å². The third-order valence-electron chi connectivity index (χ3n) is 2.53. The van der Waals surface area contributed by atoms with Crippen molar-refractivity contribution in [2.45, 2.75) is 39.4 Å². The summed E-state index contributed by atoms with van der Waals surface area (Å²) in [5.74, 6) is 0. The van der Waals surface area contributed by atoms with Gasteiger partial charge in [-0.05, 0) is 50.5 Å². The van der Waals surface area contributed by atoms with E-state index in [9.17, 15) is 9.90 Å². The van der Waals surface area contributed by atoms with Gasteiger partial charge in [-0.3, -0.25) is 0 Å². The molecular weight excluding hydrogens is 334 g/mol. The maximum absolute atomic E-state index is 11.4. The van der Waals surface area contributed by atoms with E-state index in [1.54, 1.807) is 0 Å². The maximum Gasteiger partial charge on any atom is 0.407 e. The highest BCUT2D eigenvalue weighted by Gasteiger charge is 2.15. The van der Waals surface area contributed by atoms with Crippen LogP contribution in [0.5, 0.6) is 0 Å². The zero-order valence-electron chi connectivity index (χ0n) is 12.6. The molecule has 0 aliphatic heterocycles. The van der Waals surface area contributed by atoms with E-state index in [0.717, 1.165) is 15.6 Å². The average Bonchev–Trinajstić information content (AvgIpc) is 2.38. The number of halogens is 1. The van der Waals surface area contributed by atoms with Gasteiger partial charge in [-0.15, -0.1) is 0 Å². The number of rotatable bonds is 5. The largest absolute Gasteiger partial charge is 0.444 e. The fourth-order valence-corrected chi connectivity index (χ4v) is 1.98. The van der Waals surface area contributed by atoms with Crippen LogP contribution in [0.2, 0.25) is 0 Å². The average molecular weight is 356 g/mol. The number of benzene rings is 1. The monoisotopic (exact) mass is 355 g/mol. The zero-order valence-corrected chi connectivity index (χ0v) is 14.2. The van der Waals surface area contributed by atoms with E-state index in [1.165, 1.54) is 0 Å². The minimum Gasteiger partial charge on any atom is -0.444 e. The molecule has 5 heteroatoms. The Kier molecular flexibility index (Phi) is 6.92. The van der Waals surface area contributed by atoms with Crippen LogP contribution in [0.4, 0.5) is 4.79 Å². The summed E-state index contributed by atoms with van der Waals surface area (Å²) in [4.78, 5) is 11.4. The van der Waals surface area contributed by atoms with E-state index in [0.29, 0.717) is 13.0 Å². The van der Waals surface area contributed by atoms with Crippen LogP contribution in [-0.2, 0) is 11.3 Å². The number of amides is 1. The minimum absolute atomic E-state index is 0.00244. The number of aliphatic hydroxyl groups is 1. The third kappa shape index (κ3) is 7.29. The van der Waals surface area contributed by atoms with Crippen molar-refractivity contribution in [1.82, 2.24) is 5.32 Å². The summed E-state index contributed by atoms with van der Waals surface area (Å²) in [7, 11) is 0. The number of hydrogen-bond acceptors (Lipinski definition) is 3. The molecule has 21 heavy (non-hydrogen) atoms. The number of carbonyl (C=O) groups is 1. The SMILES string of the molecule is CC(C)(C)OC(=O)NCCC=Cc1ccc(Br)c(CO)c1. The highest BCUT2D eigenvalue weighted by Crippen LogP contribution is 2.19. The first kappa shape index (κ1) is 17.7. The summed E-state index contributed by atoms with van der Waals surface area (Å²) in [5, 5.41) is 11.9. The van der Waals surface area contributed by atoms with Crippen LogP contribution in [0.1, 0.15) is 38.3 Å². The molecule has 0 spiro atoms. The van der Waals surface area contributed by atoms with Crippen molar-refractivity contribution in [3.8, 4) is 0 Å². The molecular formula is C16H22BrNO3.